The van der Waals surface area contributed by atoms with Gasteiger partial charge < -0.3 is 9.47 Å². The zero-order valence-electron chi connectivity index (χ0n) is 9.58. The lowest BCUT2D eigenvalue weighted by atomic mass is 10.1. The van der Waals surface area contributed by atoms with Crippen LogP contribution in [0.4, 0.5) is 0 Å². The minimum absolute atomic E-state index is 0.418. The Morgan fingerprint density at radius 2 is 2.06 bits per heavy atom. The summed E-state index contributed by atoms with van der Waals surface area (Å²) in [5.74, 6) is 0.280. The molecule has 0 spiro atoms. The van der Waals surface area contributed by atoms with Crippen LogP contribution >= 0.6 is 0 Å². The van der Waals surface area contributed by atoms with E-state index in [0.29, 0.717) is 11.4 Å². The molecule has 2 rings (SSSR count). The molecule has 0 fully saturated rings. The Balaban J connectivity index is 2.31. The number of nitrogens with zero attached hydrogens (tertiary/aromatic N) is 2. The van der Waals surface area contributed by atoms with E-state index in [0.717, 1.165) is 5.56 Å². The molecular weight excluding hydrogens is 220 g/mol. The fourth-order valence-corrected chi connectivity index (χ4v) is 1.58. The van der Waals surface area contributed by atoms with Crippen molar-refractivity contribution in [1.82, 2.24) is 0 Å². The first-order valence-electron chi connectivity index (χ1n) is 5.10. The third kappa shape index (κ3) is 2.18. The molecule has 0 bridgehead atoms. The number of hydrogen-bond donors (Lipinski definition) is 0. The summed E-state index contributed by atoms with van der Waals surface area (Å²) in [6.07, 6.45) is 1.66. The summed E-state index contributed by atoms with van der Waals surface area (Å²) in [4.78, 5) is 11.3. The van der Waals surface area contributed by atoms with E-state index in [-0.39, 0.29) is 0 Å². The second-order valence-corrected chi connectivity index (χ2v) is 3.44. The van der Waals surface area contributed by atoms with Crippen LogP contribution in [0.15, 0.2) is 40.6 Å². The molecule has 0 aromatic heterocycles. The number of carbonyl (C=O) groups excluding carboxylic acids is 1. The van der Waals surface area contributed by atoms with Crippen molar-refractivity contribution < 1.29 is 14.3 Å². The van der Waals surface area contributed by atoms with Gasteiger partial charge in [-0.05, 0) is 18.2 Å². The number of methoxy groups -OCH3 is 2. The number of ether oxygens (including phenoxy) is 2. The molecule has 0 saturated heterocycles. The lowest BCUT2D eigenvalue weighted by Crippen LogP contribution is -2.15. The summed E-state index contributed by atoms with van der Waals surface area (Å²) in [5.41, 5.74) is 1.43. The Hall–Kier alpha value is -2.17. The normalized spacial score (nSPS) is 17.8. The maximum Gasteiger partial charge on any atom is 0.336 e. The van der Waals surface area contributed by atoms with Crippen molar-refractivity contribution in [3.63, 3.8) is 0 Å². The molecule has 1 atom stereocenters. The van der Waals surface area contributed by atoms with Gasteiger partial charge in [0.1, 0.15) is 5.75 Å². The number of hydrogen-bond acceptors (Lipinski definition) is 5. The van der Waals surface area contributed by atoms with Crippen molar-refractivity contribution in [2.45, 2.75) is 6.04 Å². The summed E-state index contributed by atoms with van der Waals surface area (Å²) >= 11 is 0. The van der Waals surface area contributed by atoms with Gasteiger partial charge in [0.15, 0.2) is 6.04 Å². The van der Waals surface area contributed by atoms with E-state index >= 15 is 0 Å². The molecule has 5 nitrogen and oxygen atoms in total. The highest BCUT2D eigenvalue weighted by atomic mass is 16.5. The average Bonchev–Trinajstić information content (AvgIpc) is 2.87. The molecule has 88 valence electrons. The van der Waals surface area contributed by atoms with Gasteiger partial charge in [-0.3, -0.25) is 0 Å². The van der Waals surface area contributed by atoms with Crippen LogP contribution in [0, 0.1) is 0 Å². The number of para-hydroxylation sites is 1. The van der Waals surface area contributed by atoms with E-state index in [1.54, 1.807) is 13.2 Å². The molecule has 0 radical (unpaired) electrons. The fraction of sp³-hybridized carbons (Fsp3) is 0.250. The summed E-state index contributed by atoms with van der Waals surface area (Å²) in [6, 6.07) is 6.78. The Bertz CT molecular complexity index is 494. The number of esters is 1. The third-order valence-electron chi connectivity index (χ3n) is 2.43. The molecule has 0 saturated carbocycles. The maximum atomic E-state index is 11.3. The minimum Gasteiger partial charge on any atom is -0.496 e. The first-order valence-corrected chi connectivity index (χ1v) is 5.10. The Labute approximate surface area is 98.8 Å². The monoisotopic (exact) mass is 232 g/mol. The van der Waals surface area contributed by atoms with Crippen LogP contribution in [0.5, 0.6) is 5.75 Å². The molecular formula is C12H12N2O3. The molecule has 17 heavy (non-hydrogen) atoms. The first-order chi connectivity index (χ1) is 8.26. The van der Waals surface area contributed by atoms with Crippen LogP contribution in [0.3, 0.4) is 0 Å². The second-order valence-electron chi connectivity index (χ2n) is 3.44. The summed E-state index contributed by atoms with van der Waals surface area (Å²) in [6.45, 7) is 0. The van der Waals surface area contributed by atoms with E-state index in [2.05, 4.69) is 15.0 Å². The van der Waals surface area contributed by atoms with Crippen molar-refractivity contribution in [1.29, 1.82) is 0 Å². The van der Waals surface area contributed by atoms with E-state index in [9.17, 15) is 4.79 Å². The Morgan fingerprint density at radius 3 is 2.76 bits per heavy atom. The molecule has 0 aliphatic carbocycles. The molecule has 1 aliphatic heterocycles. The van der Waals surface area contributed by atoms with Crippen LogP contribution < -0.4 is 4.74 Å². The molecule has 1 aliphatic rings. The van der Waals surface area contributed by atoms with Crippen molar-refractivity contribution in [3.8, 4) is 5.75 Å². The lowest BCUT2D eigenvalue weighted by Gasteiger charge is -2.05. The molecule has 0 N–H and O–H groups in total. The largest absolute Gasteiger partial charge is 0.496 e. The predicted molar refractivity (Wildman–Crippen MR) is 61.6 cm³/mol. The van der Waals surface area contributed by atoms with Gasteiger partial charge >= 0.3 is 5.97 Å². The summed E-state index contributed by atoms with van der Waals surface area (Å²) < 4.78 is 9.83. The number of carbonyl (C=O) groups is 1. The van der Waals surface area contributed by atoms with Gasteiger partial charge in [0.2, 0.25) is 0 Å². The molecule has 1 aromatic carbocycles. The smallest absolute Gasteiger partial charge is 0.336 e. The van der Waals surface area contributed by atoms with Gasteiger partial charge in [0, 0.05) is 5.56 Å². The molecule has 0 amide bonds. The Kier molecular flexibility index (Phi) is 3.18. The van der Waals surface area contributed by atoms with E-state index in [1.807, 2.05) is 24.3 Å². The number of azo groups is 1. The van der Waals surface area contributed by atoms with Gasteiger partial charge in [-0.25, -0.2) is 4.79 Å². The molecule has 0 unspecified atom stereocenters. The van der Waals surface area contributed by atoms with E-state index in [1.165, 1.54) is 7.11 Å². The van der Waals surface area contributed by atoms with Crippen LogP contribution in [0.25, 0.3) is 5.70 Å². The van der Waals surface area contributed by atoms with Gasteiger partial charge in [0.05, 0.1) is 19.9 Å². The highest BCUT2D eigenvalue weighted by Crippen LogP contribution is 2.30. The predicted octanol–water partition coefficient (Wildman–Crippen LogP) is 2.04. The van der Waals surface area contributed by atoms with Crippen LogP contribution in [0.2, 0.25) is 0 Å². The highest BCUT2D eigenvalue weighted by molar-refractivity contribution is 5.83. The summed E-state index contributed by atoms with van der Waals surface area (Å²) in [7, 11) is 2.91. The van der Waals surface area contributed by atoms with Crippen molar-refractivity contribution in [2.75, 3.05) is 14.2 Å². The quantitative estimate of drug-likeness (QED) is 0.749. The van der Waals surface area contributed by atoms with Crippen molar-refractivity contribution in [2.24, 2.45) is 10.2 Å². The Morgan fingerprint density at radius 1 is 1.29 bits per heavy atom. The molecule has 1 aromatic rings. The van der Waals surface area contributed by atoms with Gasteiger partial charge in [-0.1, -0.05) is 12.1 Å². The lowest BCUT2D eigenvalue weighted by molar-refractivity contribution is -0.140. The fourth-order valence-electron chi connectivity index (χ4n) is 1.58. The number of rotatable bonds is 3. The van der Waals surface area contributed by atoms with Gasteiger partial charge in [0.25, 0.3) is 0 Å². The van der Waals surface area contributed by atoms with Crippen LogP contribution in [0.1, 0.15) is 5.56 Å². The molecule has 5 heteroatoms. The molecule has 1 heterocycles. The maximum absolute atomic E-state index is 11.3. The van der Waals surface area contributed by atoms with Gasteiger partial charge in [-0.2, -0.15) is 10.2 Å². The highest BCUT2D eigenvalue weighted by Gasteiger charge is 2.23. The second kappa shape index (κ2) is 4.78. The average molecular weight is 232 g/mol. The van der Waals surface area contributed by atoms with Gasteiger partial charge in [-0.15, -0.1) is 0 Å². The van der Waals surface area contributed by atoms with Crippen molar-refractivity contribution in [3.05, 3.63) is 35.9 Å². The summed E-state index contributed by atoms with van der Waals surface area (Å²) in [5, 5.41) is 7.81. The third-order valence-corrected chi connectivity index (χ3v) is 2.43. The SMILES string of the molecule is COC(=O)[C@@H]1C=C(c2ccccc2OC)N=N1. The van der Waals surface area contributed by atoms with Crippen LogP contribution in [-0.2, 0) is 9.53 Å². The van der Waals surface area contributed by atoms with E-state index < -0.39 is 12.0 Å². The van der Waals surface area contributed by atoms with Crippen LogP contribution in [-0.4, -0.2) is 26.2 Å². The zero-order chi connectivity index (χ0) is 12.3. The topological polar surface area (TPSA) is 60.2 Å². The van der Waals surface area contributed by atoms with E-state index in [4.69, 9.17) is 4.74 Å². The standard InChI is InChI=1S/C12H12N2O3/c1-16-11-6-4-3-5-8(11)9-7-10(14-13-9)12(15)17-2/h3-7,10H,1-2H3/t10-/m0/s1. The first kappa shape index (κ1) is 11.3. The zero-order valence-corrected chi connectivity index (χ0v) is 9.58. The minimum atomic E-state index is -0.653. The van der Waals surface area contributed by atoms with Crippen molar-refractivity contribution >= 4 is 11.7 Å². The number of benzene rings is 1.